The average molecular weight is 548 g/mol. The minimum absolute atomic E-state index is 0.116. The molecule has 5 rings (SSSR count). The second-order valence-corrected chi connectivity index (χ2v) is 11.0. The molecule has 0 unspecified atom stereocenters. The maximum atomic E-state index is 13.5. The topological polar surface area (TPSA) is 36.4 Å². The normalized spacial score (nSPS) is 17.5. The predicted molar refractivity (Wildman–Crippen MR) is 152 cm³/mol. The van der Waals surface area contributed by atoms with E-state index in [-0.39, 0.29) is 11.9 Å². The molecule has 40 heavy (non-hydrogen) atoms. The van der Waals surface area contributed by atoms with Gasteiger partial charge in [0.25, 0.3) is 0 Å². The van der Waals surface area contributed by atoms with E-state index in [1.807, 2.05) is 17.9 Å². The summed E-state index contributed by atoms with van der Waals surface area (Å²) in [6, 6.07) is 18.0. The summed E-state index contributed by atoms with van der Waals surface area (Å²) < 4.78 is 38.8. The second kappa shape index (κ2) is 12.4. The van der Waals surface area contributed by atoms with Crippen LogP contribution >= 0.6 is 0 Å². The number of aromatic nitrogens is 1. The summed E-state index contributed by atoms with van der Waals surface area (Å²) in [5.74, 6) is -0.118. The van der Waals surface area contributed by atoms with Gasteiger partial charge in [-0.3, -0.25) is 9.78 Å². The lowest BCUT2D eigenvalue weighted by Crippen LogP contribution is -2.48. The first-order valence-corrected chi connectivity index (χ1v) is 14.2. The van der Waals surface area contributed by atoms with Crippen LogP contribution in [0.5, 0.6) is 0 Å². The molecule has 2 fully saturated rings. The molecular formula is C33H36F3N3O. The van der Waals surface area contributed by atoms with Gasteiger partial charge in [0, 0.05) is 49.7 Å². The fraction of sp³-hybridized carbons (Fsp3) is 0.394. The molecule has 1 aromatic heterocycles. The summed E-state index contributed by atoms with van der Waals surface area (Å²) in [5.41, 5.74) is 4.07. The number of aryl methyl sites for hydroxylation is 1. The highest BCUT2D eigenvalue weighted by molar-refractivity contribution is 5.92. The van der Waals surface area contributed by atoms with Crippen LogP contribution in [0, 0.1) is 6.92 Å². The SMILES string of the molecule is Cc1cc(-c2ccc(CN(C(=O)/C=C/c3ccc(C(F)(F)F)cc3)C3CCN(C4CCCC4)CC3)cc2)ccn1. The van der Waals surface area contributed by atoms with Crippen LogP contribution in [0.2, 0.25) is 0 Å². The number of hydrogen-bond donors (Lipinski definition) is 0. The summed E-state index contributed by atoms with van der Waals surface area (Å²) in [6.45, 7) is 4.43. The number of rotatable bonds is 7. The van der Waals surface area contributed by atoms with Crippen LogP contribution in [0.15, 0.2) is 72.9 Å². The first kappa shape index (κ1) is 28.1. The molecule has 0 atom stereocenters. The standard InChI is InChI=1S/C33H36F3N3O/c1-24-22-28(16-19-37-24)27-11-6-26(7-12-27)23-39(31-17-20-38(21-18-31)30-4-2-3-5-30)32(40)15-10-25-8-13-29(14-9-25)33(34,35)36/h6-16,19,22,30-31H,2-5,17-18,20-21,23H2,1H3/b15-10+. The third kappa shape index (κ3) is 7.00. The number of hydrogen-bond acceptors (Lipinski definition) is 3. The van der Waals surface area contributed by atoms with Crippen LogP contribution in [0.4, 0.5) is 13.2 Å². The molecule has 2 aromatic carbocycles. The smallest absolute Gasteiger partial charge is 0.332 e. The summed E-state index contributed by atoms with van der Waals surface area (Å²) in [7, 11) is 0. The number of pyridine rings is 1. The minimum atomic E-state index is -4.38. The van der Waals surface area contributed by atoms with Gasteiger partial charge in [-0.25, -0.2) is 0 Å². The Balaban J connectivity index is 1.31. The van der Waals surface area contributed by atoms with Crippen LogP contribution in [-0.2, 0) is 17.5 Å². The Labute approximate surface area is 234 Å². The molecule has 1 saturated heterocycles. The van der Waals surface area contributed by atoms with Gasteiger partial charge in [0.1, 0.15) is 0 Å². The van der Waals surface area contributed by atoms with Crippen LogP contribution in [-0.4, -0.2) is 45.9 Å². The molecule has 7 heteroatoms. The van der Waals surface area contributed by atoms with Gasteiger partial charge < -0.3 is 9.80 Å². The average Bonchev–Trinajstić information content (AvgIpc) is 3.50. The summed E-state index contributed by atoms with van der Waals surface area (Å²) >= 11 is 0. The number of piperidine rings is 1. The van der Waals surface area contributed by atoms with Crippen molar-refractivity contribution in [3.05, 3.63) is 95.3 Å². The Hall–Kier alpha value is -3.45. The van der Waals surface area contributed by atoms with Crippen molar-refractivity contribution in [3.63, 3.8) is 0 Å². The molecule has 2 aliphatic rings. The van der Waals surface area contributed by atoms with Gasteiger partial charge in [0.05, 0.1) is 5.56 Å². The van der Waals surface area contributed by atoms with Gasteiger partial charge in [-0.2, -0.15) is 13.2 Å². The van der Waals surface area contributed by atoms with Gasteiger partial charge in [-0.05, 0) is 85.2 Å². The van der Waals surface area contributed by atoms with Gasteiger partial charge >= 0.3 is 6.18 Å². The molecule has 1 aliphatic heterocycles. The van der Waals surface area contributed by atoms with Gasteiger partial charge in [0.2, 0.25) is 5.91 Å². The zero-order valence-corrected chi connectivity index (χ0v) is 22.9. The zero-order valence-electron chi connectivity index (χ0n) is 22.9. The van der Waals surface area contributed by atoms with Crippen molar-refractivity contribution in [2.45, 2.75) is 70.3 Å². The Bertz CT molecular complexity index is 1300. The Morgan fingerprint density at radius 1 is 0.950 bits per heavy atom. The summed E-state index contributed by atoms with van der Waals surface area (Å²) in [4.78, 5) is 22.4. The number of halogens is 3. The first-order valence-electron chi connectivity index (χ1n) is 14.2. The Kier molecular flexibility index (Phi) is 8.69. The van der Waals surface area contributed by atoms with Crippen molar-refractivity contribution in [1.29, 1.82) is 0 Å². The highest BCUT2D eigenvalue weighted by Crippen LogP contribution is 2.30. The monoisotopic (exact) mass is 547 g/mol. The number of alkyl halides is 3. The van der Waals surface area contributed by atoms with Crippen molar-refractivity contribution in [2.75, 3.05) is 13.1 Å². The van der Waals surface area contributed by atoms with Crippen LogP contribution < -0.4 is 0 Å². The van der Waals surface area contributed by atoms with Crippen molar-refractivity contribution in [1.82, 2.24) is 14.8 Å². The maximum Gasteiger partial charge on any atom is 0.416 e. The lowest BCUT2D eigenvalue weighted by molar-refractivity contribution is -0.137. The maximum absolute atomic E-state index is 13.5. The van der Waals surface area contributed by atoms with Gasteiger partial charge in [0.15, 0.2) is 0 Å². The second-order valence-electron chi connectivity index (χ2n) is 11.0. The Morgan fingerprint density at radius 2 is 1.62 bits per heavy atom. The van der Waals surface area contributed by atoms with E-state index in [1.165, 1.54) is 43.9 Å². The van der Waals surface area contributed by atoms with E-state index < -0.39 is 11.7 Å². The molecule has 3 aromatic rings. The fourth-order valence-corrected chi connectivity index (χ4v) is 5.99. The molecule has 2 heterocycles. The molecule has 0 radical (unpaired) electrons. The zero-order chi connectivity index (χ0) is 28.1. The van der Waals surface area contributed by atoms with E-state index in [2.05, 4.69) is 40.2 Å². The molecule has 210 valence electrons. The molecule has 0 N–H and O–H groups in total. The van der Waals surface area contributed by atoms with Gasteiger partial charge in [-0.15, -0.1) is 0 Å². The third-order valence-electron chi connectivity index (χ3n) is 8.26. The molecule has 0 spiro atoms. The molecule has 1 aliphatic carbocycles. The highest BCUT2D eigenvalue weighted by atomic mass is 19.4. The molecule has 4 nitrogen and oxygen atoms in total. The number of likely N-dealkylation sites (tertiary alicyclic amines) is 1. The number of carbonyl (C=O) groups is 1. The first-order chi connectivity index (χ1) is 19.3. The van der Waals surface area contributed by atoms with Crippen LogP contribution in [0.25, 0.3) is 17.2 Å². The van der Waals surface area contributed by atoms with Gasteiger partial charge in [-0.1, -0.05) is 49.2 Å². The van der Waals surface area contributed by atoms with Crippen molar-refractivity contribution in [3.8, 4) is 11.1 Å². The third-order valence-corrected chi connectivity index (χ3v) is 8.26. The van der Waals surface area contributed by atoms with E-state index in [4.69, 9.17) is 0 Å². The Morgan fingerprint density at radius 3 is 2.25 bits per heavy atom. The van der Waals surface area contributed by atoms with Crippen molar-refractivity contribution < 1.29 is 18.0 Å². The molecule has 1 amide bonds. The largest absolute Gasteiger partial charge is 0.416 e. The van der Waals surface area contributed by atoms with Crippen molar-refractivity contribution in [2.24, 2.45) is 0 Å². The number of benzene rings is 2. The lowest BCUT2D eigenvalue weighted by Gasteiger charge is -2.40. The van der Waals surface area contributed by atoms with E-state index in [0.717, 1.165) is 60.4 Å². The summed E-state index contributed by atoms with van der Waals surface area (Å²) in [6.07, 6.45) is 7.53. The quantitative estimate of drug-likeness (QED) is 0.287. The minimum Gasteiger partial charge on any atom is -0.332 e. The fourth-order valence-electron chi connectivity index (χ4n) is 5.99. The molecular weight excluding hydrogens is 511 g/mol. The van der Waals surface area contributed by atoms with Crippen molar-refractivity contribution >= 4 is 12.0 Å². The van der Waals surface area contributed by atoms with E-state index in [0.29, 0.717) is 18.2 Å². The number of nitrogens with zero attached hydrogens (tertiary/aromatic N) is 3. The summed E-state index contributed by atoms with van der Waals surface area (Å²) in [5, 5.41) is 0. The lowest BCUT2D eigenvalue weighted by atomic mass is 9.99. The molecule has 1 saturated carbocycles. The van der Waals surface area contributed by atoms with E-state index in [1.54, 1.807) is 12.3 Å². The predicted octanol–water partition coefficient (Wildman–Crippen LogP) is 7.52. The number of carbonyl (C=O) groups excluding carboxylic acids is 1. The van der Waals surface area contributed by atoms with E-state index >= 15 is 0 Å². The van der Waals surface area contributed by atoms with Crippen LogP contribution in [0.3, 0.4) is 0 Å². The number of amides is 1. The highest BCUT2D eigenvalue weighted by Gasteiger charge is 2.32. The van der Waals surface area contributed by atoms with E-state index in [9.17, 15) is 18.0 Å². The molecule has 0 bridgehead atoms. The van der Waals surface area contributed by atoms with Crippen LogP contribution in [0.1, 0.15) is 60.9 Å².